The van der Waals surface area contributed by atoms with E-state index in [0.29, 0.717) is 18.2 Å². The number of nitrogens with zero attached hydrogens (tertiary/aromatic N) is 1. The Morgan fingerprint density at radius 1 is 1.53 bits per heavy atom. The minimum Gasteiger partial charge on any atom is -0.476 e. The molecule has 8 heteroatoms. The number of thiazole rings is 1. The quantitative estimate of drug-likeness (QED) is 0.528. The Morgan fingerprint density at radius 3 is 2.80 bits per heavy atom. The molecule has 0 spiro atoms. The van der Waals surface area contributed by atoms with Crippen molar-refractivity contribution >= 4 is 28.5 Å². The highest BCUT2D eigenvalue weighted by Gasteiger charge is 2.07. The first-order valence-corrected chi connectivity index (χ1v) is 4.93. The van der Waals surface area contributed by atoms with Crippen LogP contribution in [0.4, 0.5) is 9.93 Å². The van der Waals surface area contributed by atoms with Crippen LogP contribution in [-0.4, -0.2) is 35.2 Å². The van der Waals surface area contributed by atoms with Gasteiger partial charge in [-0.25, -0.2) is 14.6 Å². The second-order valence-corrected chi connectivity index (χ2v) is 3.42. The van der Waals surface area contributed by atoms with Gasteiger partial charge in [0.15, 0.2) is 10.8 Å². The van der Waals surface area contributed by atoms with E-state index in [1.54, 1.807) is 0 Å². The molecule has 1 rings (SSSR count). The van der Waals surface area contributed by atoms with Crippen LogP contribution in [0.5, 0.6) is 0 Å². The van der Waals surface area contributed by atoms with E-state index in [1.807, 2.05) is 0 Å². The standard InChI is InChI=1S/C7H10N4O3S/c8-6(14)9-1-2-10-7-11-4(3-15-7)5(12)13/h3H,1-2H2,(H,10,11)(H,12,13)(H3,8,9,14). The summed E-state index contributed by atoms with van der Waals surface area (Å²) < 4.78 is 0. The summed E-state index contributed by atoms with van der Waals surface area (Å²) in [5, 5.41) is 15.8. The molecular formula is C7H10N4O3S. The van der Waals surface area contributed by atoms with Gasteiger partial charge in [-0.3, -0.25) is 0 Å². The van der Waals surface area contributed by atoms with Crippen molar-refractivity contribution in [3.05, 3.63) is 11.1 Å². The van der Waals surface area contributed by atoms with Crippen LogP contribution in [0.15, 0.2) is 5.38 Å². The number of aromatic nitrogens is 1. The molecule has 82 valence electrons. The Hall–Kier alpha value is -1.83. The monoisotopic (exact) mass is 230 g/mol. The van der Waals surface area contributed by atoms with E-state index in [2.05, 4.69) is 15.6 Å². The van der Waals surface area contributed by atoms with E-state index in [4.69, 9.17) is 10.8 Å². The molecule has 5 N–H and O–H groups in total. The molecule has 0 aliphatic carbocycles. The third-order valence-electron chi connectivity index (χ3n) is 1.42. The third kappa shape index (κ3) is 3.81. The molecule has 1 aromatic rings. The summed E-state index contributed by atoms with van der Waals surface area (Å²) in [6.07, 6.45) is 0. The Balaban J connectivity index is 2.31. The van der Waals surface area contributed by atoms with Crippen molar-refractivity contribution in [3.8, 4) is 0 Å². The number of rotatable bonds is 5. The van der Waals surface area contributed by atoms with Gasteiger partial charge in [-0.15, -0.1) is 11.3 Å². The third-order valence-corrected chi connectivity index (χ3v) is 2.22. The zero-order chi connectivity index (χ0) is 11.3. The lowest BCUT2D eigenvalue weighted by Crippen LogP contribution is -2.33. The van der Waals surface area contributed by atoms with Gasteiger partial charge in [0, 0.05) is 18.5 Å². The van der Waals surface area contributed by atoms with Crippen molar-refractivity contribution in [3.63, 3.8) is 0 Å². The average molecular weight is 230 g/mol. The first-order valence-electron chi connectivity index (χ1n) is 4.05. The highest BCUT2D eigenvalue weighted by Crippen LogP contribution is 2.14. The SMILES string of the molecule is NC(=O)NCCNc1nc(C(=O)O)cs1. The van der Waals surface area contributed by atoms with Crippen LogP contribution >= 0.6 is 11.3 Å². The number of anilines is 1. The number of carbonyl (C=O) groups excluding carboxylic acids is 1. The summed E-state index contributed by atoms with van der Waals surface area (Å²) in [5.41, 5.74) is 4.85. The fourth-order valence-electron chi connectivity index (χ4n) is 0.808. The molecule has 2 amide bonds. The number of hydrogen-bond acceptors (Lipinski definition) is 5. The van der Waals surface area contributed by atoms with Gasteiger partial charge in [0.05, 0.1) is 0 Å². The maximum Gasteiger partial charge on any atom is 0.355 e. The lowest BCUT2D eigenvalue weighted by Gasteiger charge is -2.02. The van der Waals surface area contributed by atoms with Crippen molar-refractivity contribution in [2.75, 3.05) is 18.4 Å². The van der Waals surface area contributed by atoms with Crippen LogP contribution in [0.1, 0.15) is 10.5 Å². The highest BCUT2D eigenvalue weighted by atomic mass is 32.1. The number of primary amides is 1. The molecule has 0 unspecified atom stereocenters. The van der Waals surface area contributed by atoms with Crippen LogP contribution in [0, 0.1) is 0 Å². The number of nitrogens with one attached hydrogen (secondary N) is 2. The minimum atomic E-state index is -1.06. The van der Waals surface area contributed by atoms with Crippen molar-refractivity contribution in [2.45, 2.75) is 0 Å². The van der Waals surface area contributed by atoms with Gasteiger partial charge < -0.3 is 21.5 Å². The molecule has 0 bridgehead atoms. The van der Waals surface area contributed by atoms with Crippen molar-refractivity contribution < 1.29 is 14.7 Å². The number of amides is 2. The summed E-state index contributed by atoms with van der Waals surface area (Å²) in [6, 6.07) is -0.595. The molecule has 0 radical (unpaired) electrons. The topological polar surface area (TPSA) is 117 Å². The number of aromatic carboxylic acids is 1. The summed E-state index contributed by atoms with van der Waals surface area (Å²) in [7, 11) is 0. The predicted octanol–water partition coefficient (Wildman–Crippen LogP) is -0.0785. The maximum atomic E-state index is 10.5. The molecule has 1 aromatic heterocycles. The molecule has 0 saturated heterocycles. The van der Waals surface area contributed by atoms with Gasteiger partial charge in [0.1, 0.15) is 0 Å². The normalized spacial score (nSPS) is 9.60. The molecular weight excluding hydrogens is 220 g/mol. The Bertz CT molecular complexity index is 365. The molecule has 15 heavy (non-hydrogen) atoms. The van der Waals surface area contributed by atoms with E-state index >= 15 is 0 Å². The summed E-state index contributed by atoms with van der Waals surface area (Å²) in [6.45, 7) is 0.798. The van der Waals surface area contributed by atoms with Gasteiger partial charge in [0.2, 0.25) is 0 Å². The Labute approximate surface area is 89.3 Å². The van der Waals surface area contributed by atoms with Gasteiger partial charge in [-0.05, 0) is 0 Å². The Kier molecular flexibility index (Phi) is 3.86. The van der Waals surface area contributed by atoms with Crippen molar-refractivity contribution in [1.82, 2.24) is 10.3 Å². The second-order valence-electron chi connectivity index (χ2n) is 2.56. The van der Waals surface area contributed by atoms with Crippen LogP contribution in [-0.2, 0) is 0 Å². The number of nitrogens with two attached hydrogens (primary N) is 1. The fourth-order valence-corrected chi connectivity index (χ4v) is 1.52. The van der Waals surface area contributed by atoms with Crippen LogP contribution in [0.2, 0.25) is 0 Å². The molecule has 0 saturated carbocycles. The van der Waals surface area contributed by atoms with Gasteiger partial charge in [0.25, 0.3) is 0 Å². The van der Waals surface area contributed by atoms with Gasteiger partial charge >= 0.3 is 12.0 Å². The zero-order valence-corrected chi connectivity index (χ0v) is 8.50. The number of carbonyl (C=O) groups is 2. The summed E-state index contributed by atoms with van der Waals surface area (Å²) in [5.74, 6) is -1.06. The number of hydrogen-bond donors (Lipinski definition) is 4. The van der Waals surface area contributed by atoms with E-state index < -0.39 is 12.0 Å². The second kappa shape index (κ2) is 5.15. The molecule has 0 aliphatic rings. The van der Waals surface area contributed by atoms with Gasteiger partial charge in [-0.1, -0.05) is 0 Å². The van der Waals surface area contributed by atoms with Gasteiger partial charge in [-0.2, -0.15) is 0 Å². The summed E-state index contributed by atoms with van der Waals surface area (Å²) >= 11 is 1.19. The summed E-state index contributed by atoms with van der Waals surface area (Å²) in [4.78, 5) is 24.6. The van der Waals surface area contributed by atoms with Crippen molar-refractivity contribution in [1.29, 1.82) is 0 Å². The zero-order valence-electron chi connectivity index (χ0n) is 7.69. The largest absolute Gasteiger partial charge is 0.476 e. The molecule has 0 fully saturated rings. The van der Waals surface area contributed by atoms with E-state index in [9.17, 15) is 9.59 Å². The fraction of sp³-hybridized carbons (Fsp3) is 0.286. The number of carboxylic acid groups (broad SMARTS) is 1. The minimum absolute atomic E-state index is 0.00496. The first kappa shape index (κ1) is 11.2. The predicted molar refractivity (Wildman–Crippen MR) is 55.1 cm³/mol. The lowest BCUT2D eigenvalue weighted by atomic mass is 10.5. The number of carboxylic acids is 1. The molecule has 0 atom stereocenters. The van der Waals surface area contributed by atoms with E-state index in [-0.39, 0.29) is 5.69 Å². The van der Waals surface area contributed by atoms with Crippen LogP contribution in [0.25, 0.3) is 0 Å². The van der Waals surface area contributed by atoms with Crippen molar-refractivity contribution in [2.24, 2.45) is 5.73 Å². The Morgan fingerprint density at radius 2 is 2.27 bits per heavy atom. The maximum absolute atomic E-state index is 10.5. The van der Waals surface area contributed by atoms with E-state index in [1.165, 1.54) is 16.7 Å². The lowest BCUT2D eigenvalue weighted by molar-refractivity contribution is 0.0691. The van der Waals surface area contributed by atoms with Crippen LogP contribution in [0.3, 0.4) is 0 Å². The van der Waals surface area contributed by atoms with Crippen LogP contribution < -0.4 is 16.4 Å². The smallest absolute Gasteiger partial charge is 0.355 e. The molecule has 0 aliphatic heterocycles. The number of urea groups is 1. The first-order chi connectivity index (χ1) is 7.09. The molecule has 0 aromatic carbocycles. The molecule has 7 nitrogen and oxygen atoms in total. The molecule has 1 heterocycles. The van der Waals surface area contributed by atoms with E-state index in [0.717, 1.165) is 0 Å². The highest BCUT2D eigenvalue weighted by molar-refractivity contribution is 7.13. The average Bonchev–Trinajstić information content (AvgIpc) is 2.60.